The van der Waals surface area contributed by atoms with Crippen LogP contribution < -0.4 is 4.43 Å². The number of hydrogen-bond acceptors (Lipinski definition) is 4. The molecule has 0 spiro atoms. The highest BCUT2D eigenvalue weighted by Crippen LogP contribution is 2.56. The third-order valence-electron chi connectivity index (χ3n) is 5.21. The quantitative estimate of drug-likeness (QED) is 0.322. The summed E-state index contributed by atoms with van der Waals surface area (Å²) in [7, 11) is -2.63. The third kappa shape index (κ3) is 4.06. The van der Waals surface area contributed by atoms with Crippen LogP contribution in [-0.4, -0.2) is 14.5 Å². The summed E-state index contributed by atoms with van der Waals surface area (Å²) in [5, 5.41) is -0.198. The Bertz CT molecular complexity index is 775. The standard InChI is InChI=1S/C23H36O4Si/c1-15(26-16(2)24)17-12-18-14-25-28(22(6,7)8,23(9,10)11)27-20(18)19(13-17)21(3,4)5/h12-13H,1,14H2,2-11H3. The summed E-state index contributed by atoms with van der Waals surface area (Å²) < 4.78 is 18.7. The molecule has 28 heavy (non-hydrogen) atoms. The van der Waals surface area contributed by atoms with E-state index < -0.39 is 8.56 Å². The average molecular weight is 405 g/mol. The number of fused-ring (bicyclic) bond motifs is 1. The van der Waals surface area contributed by atoms with Crippen LogP contribution in [0.4, 0.5) is 0 Å². The smallest absolute Gasteiger partial charge is 0.410 e. The zero-order valence-electron chi connectivity index (χ0n) is 19.2. The van der Waals surface area contributed by atoms with Crippen molar-refractivity contribution in [3.63, 3.8) is 0 Å². The Morgan fingerprint density at radius 1 is 1.04 bits per heavy atom. The molecule has 0 N–H and O–H groups in total. The van der Waals surface area contributed by atoms with Crippen LogP contribution in [0.15, 0.2) is 18.7 Å². The van der Waals surface area contributed by atoms with Gasteiger partial charge in [0.15, 0.2) is 0 Å². The molecule has 0 radical (unpaired) electrons. The highest BCUT2D eigenvalue weighted by atomic mass is 28.4. The second kappa shape index (κ2) is 7.03. The second-order valence-electron chi connectivity index (χ2n) is 10.8. The van der Waals surface area contributed by atoms with Gasteiger partial charge in [-0.1, -0.05) is 68.9 Å². The van der Waals surface area contributed by atoms with Crippen molar-refractivity contribution in [1.82, 2.24) is 0 Å². The van der Waals surface area contributed by atoms with Crippen LogP contribution in [0, 0.1) is 0 Å². The molecule has 0 aromatic heterocycles. The van der Waals surface area contributed by atoms with Gasteiger partial charge in [-0.3, -0.25) is 4.79 Å². The number of hydrogen-bond donors (Lipinski definition) is 0. The molecule has 0 saturated carbocycles. The van der Waals surface area contributed by atoms with Crippen molar-refractivity contribution in [1.29, 1.82) is 0 Å². The van der Waals surface area contributed by atoms with E-state index in [1.807, 2.05) is 12.1 Å². The number of rotatable bonds is 2. The summed E-state index contributed by atoms with van der Waals surface area (Å²) in [6.07, 6.45) is 0. The van der Waals surface area contributed by atoms with Gasteiger partial charge in [-0.25, -0.2) is 0 Å². The summed E-state index contributed by atoms with van der Waals surface area (Å²) in [4.78, 5) is 11.4. The minimum Gasteiger partial charge on any atom is -0.519 e. The lowest BCUT2D eigenvalue weighted by atomic mass is 9.84. The van der Waals surface area contributed by atoms with Gasteiger partial charge < -0.3 is 13.6 Å². The van der Waals surface area contributed by atoms with E-state index in [2.05, 4.69) is 68.9 Å². The van der Waals surface area contributed by atoms with E-state index in [9.17, 15) is 4.79 Å². The SMILES string of the molecule is C=C(OC(C)=O)c1cc2c(c(C(C)(C)C)c1)O[Si](C(C)(C)C)(C(C)(C)C)OC2. The number of ether oxygens (including phenoxy) is 1. The van der Waals surface area contributed by atoms with E-state index in [-0.39, 0.29) is 21.5 Å². The van der Waals surface area contributed by atoms with Gasteiger partial charge in [-0.05, 0) is 23.1 Å². The molecule has 1 heterocycles. The molecule has 0 fully saturated rings. The fourth-order valence-corrected chi connectivity index (χ4v) is 8.76. The minimum absolute atomic E-state index is 0.0991. The van der Waals surface area contributed by atoms with E-state index >= 15 is 0 Å². The molecule has 0 atom stereocenters. The third-order valence-corrected chi connectivity index (χ3v) is 10.2. The lowest BCUT2D eigenvalue weighted by Crippen LogP contribution is -2.61. The summed E-state index contributed by atoms with van der Waals surface area (Å²) in [5.74, 6) is 0.899. The fraction of sp³-hybridized carbons (Fsp3) is 0.609. The highest BCUT2D eigenvalue weighted by molar-refractivity contribution is 6.74. The molecular formula is C23H36O4Si. The predicted molar refractivity (Wildman–Crippen MR) is 117 cm³/mol. The molecule has 0 amide bonds. The van der Waals surface area contributed by atoms with Crippen molar-refractivity contribution in [3.8, 4) is 5.75 Å². The van der Waals surface area contributed by atoms with Crippen LogP contribution in [0.1, 0.15) is 85.9 Å². The van der Waals surface area contributed by atoms with Gasteiger partial charge in [0.25, 0.3) is 0 Å². The van der Waals surface area contributed by atoms with Crippen molar-refractivity contribution in [3.05, 3.63) is 35.4 Å². The largest absolute Gasteiger partial charge is 0.519 e. The van der Waals surface area contributed by atoms with Crippen molar-refractivity contribution in [2.45, 2.75) is 91.3 Å². The second-order valence-corrected chi connectivity index (χ2v) is 15.5. The molecule has 4 nitrogen and oxygen atoms in total. The first kappa shape index (κ1) is 22.7. The molecule has 1 aliphatic rings. The molecule has 0 bridgehead atoms. The monoisotopic (exact) mass is 404 g/mol. The Morgan fingerprint density at radius 2 is 1.57 bits per heavy atom. The topological polar surface area (TPSA) is 44.8 Å². The molecule has 1 aromatic carbocycles. The maximum Gasteiger partial charge on any atom is 0.410 e. The summed E-state index contributed by atoms with van der Waals surface area (Å²) in [5.41, 5.74) is 2.70. The normalized spacial score (nSPS) is 16.8. The first-order chi connectivity index (χ1) is 12.5. The Kier molecular flexibility index (Phi) is 5.70. The van der Waals surface area contributed by atoms with E-state index in [4.69, 9.17) is 13.6 Å². The molecule has 156 valence electrons. The molecule has 0 saturated heterocycles. The maximum atomic E-state index is 11.4. The van der Waals surface area contributed by atoms with Gasteiger partial charge >= 0.3 is 14.5 Å². The average Bonchev–Trinajstić information content (AvgIpc) is 2.49. The van der Waals surface area contributed by atoms with Gasteiger partial charge in [-0.2, -0.15) is 0 Å². The predicted octanol–water partition coefficient (Wildman–Crippen LogP) is 6.47. The van der Waals surface area contributed by atoms with Crippen molar-refractivity contribution in [2.24, 2.45) is 0 Å². The van der Waals surface area contributed by atoms with Crippen molar-refractivity contribution in [2.75, 3.05) is 0 Å². The first-order valence-corrected chi connectivity index (χ1v) is 11.7. The lowest BCUT2D eigenvalue weighted by molar-refractivity contribution is -0.134. The van der Waals surface area contributed by atoms with Crippen LogP contribution in [0.25, 0.3) is 5.76 Å². The molecule has 1 aromatic rings. The lowest BCUT2D eigenvalue weighted by Gasteiger charge is -2.51. The van der Waals surface area contributed by atoms with Crippen LogP contribution in [-0.2, 0) is 26.0 Å². The van der Waals surface area contributed by atoms with Crippen LogP contribution in [0.3, 0.4) is 0 Å². The molecule has 0 aliphatic carbocycles. The Labute approximate surface area is 171 Å². The van der Waals surface area contributed by atoms with Gasteiger partial charge in [0.05, 0.1) is 6.61 Å². The number of carbonyl (C=O) groups is 1. The van der Waals surface area contributed by atoms with Gasteiger partial charge in [0.1, 0.15) is 11.5 Å². The summed E-state index contributed by atoms with van der Waals surface area (Å²) in [6.45, 7) is 25.6. The molecule has 2 rings (SSSR count). The minimum atomic E-state index is -2.63. The first-order valence-electron chi connectivity index (χ1n) is 9.88. The summed E-state index contributed by atoms with van der Waals surface area (Å²) >= 11 is 0. The van der Waals surface area contributed by atoms with E-state index in [1.54, 1.807) is 0 Å². The van der Waals surface area contributed by atoms with Crippen LogP contribution in [0.5, 0.6) is 5.75 Å². The van der Waals surface area contributed by atoms with E-state index in [0.29, 0.717) is 12.4 Å². The maximum absolute atomic E-state index is 11.4. The van der Waals surface area contributed by atoms with Crippen molar-refractivity contribution < 1.29 is 18.4 Å². The molecular weight excluding hydrogens is 368 g/mol. The van der Waals surface area contributed by atoms with Crippen molar-refractivity contribution >= 4 is 20.3 Å². The molecule has 0 unspecified atom stereocenters. The van der Waals surface area contributed by atoms with E-state index in [0.717, 1.165) is 22.4 Å². The highest BCUT2D eigenvalue weighted by Gasteiger charge is 2.62. The number of esters is 1. The zero-order chi connectivity index (χ0) is 21.7. The number of benzene rings is 1. The zero-order valence-corrected chi connectivity index (χ0v) is 20.2. The Balaban J connectivity index is 2.68. The molecule has 5 heteroatoms. The molecule has 1 aliphatic heterocycles. The van der Waals surface area contributed by atoms with Gasteiger partial charge in [0, 0.05) is 28.1 Å². The fourth-order valence-electron chi connectivity index (χ4n) is 4.08. The van der Waals surface area contributed by atoms with Crippen LogP contribution >= 0.6 is 0 Å². The van der Waals surface area contributed by atoms with E-state index in [1.165, 1.54) is 6.92 Å². The number of carbonyl (C=O) groups excluding carboxylic acids is 1. The van der Waals surface area contributed by atoms with Gasteiger partial charge in [-0.15, -0.1) is 0 Å². The Hall–Kier alpha value is -1.59. The summed E-state index contributed by atoms with van der Waals surface area (Å²) in [6, 6.07) is 4.01. The Morgan fingerprint density at radius 3 is 2.00 bits per heavy atom. The van der Waals surface area contributed by atoms with Crippen LogP contribution in [0.2, 0.25) is 10.1 Å². The van der Waals surface area contributed by atoms with Gasteiger partial charge in [0.2, 0.25) is 0 Å².